The fourth-order valence-corrected chi connectivity index (χ4v) is 3.71. The maximum absolute atomic E-state index is 12.6. The molecule has 2 aromatic rings. The van der Waals surface area contributed by atoms with Crippen LogP contribution >= 0.6 is 0 Å². The van der Waals surface area contributed by atoms with Crippen LogP contribution in [0.5, 0.6) is 0 Å². The van der Waals surface area contributed by atoms with Crippen molar-refractivity contribution in [2.45, 2.75) is 50.7 Å². The second kappa shape index (κ2) is 6.70. The number of hydrogen-bond acceptors (Lipinski definition) is 4. The summed E-state index contributed by atoms with van der Waals surface area (Å²) in [5.74, 6) is -0.0741. The van der Waals surface area contributed by atoms with Crippen LogP contribution in [0.25, 0.3) is 0 Å². The van der Waals surface area contributed by atoms with Gasteiger partial charge in [-0.25, -0.2) is 9.48 Å². The summed E-state index contributed by atoms with van der Waals surface area (Å²) >= 11 is 0. The number of carbonyl (C=O) groups is 2. The van der Waals surface area contributed by atoms with Gasteiger partial charge in [-0.15, -0.1) is 0 Å². The Labute approximate surface area is 146 Å². The molecule has 1 aliphatic heterocycles. The lowest BCUT2D eigenvalue weighted by Gasteiger charge is -2.26. The Bertz CT molecular complexity index is 793. The SMILES string of the molecule is O=C1OC(C(=O)Nc2ccnn2C2CCCCC2)Cc2ccccc21. The van der Waals surface area contributed by atoms with E-state index in [9.17, 15) is 9.59 Å². The number of cyclic esters (lactones) is 1. The number of anilines is 1. The van der Waals surface area contributed by atoms with Crippen LogP contribution in [0, 0.1) is 0 Å². The van der Waals surface area contributed by atoms with Gasteiger partial charge in [0, 0.05) is 12.5 Å². The standard InChI is InChI=1S/C19H21N3O3/c23-18(16-12-13-6-4-5-9-15(13)19(24)25-16)21-17-10-11-20-22(17)14-7-2-1-3-8-14/h4-6,9-11,14,16H,1-3,7-8,12H2,(H,21,23). The molecule has 1 fully saturated rings. The Hall–Kier alpha value is -2.63. The molecule has 1 saturated carbocycles. The van der Waals surface area contributed by atoms with E-state index in [2.05, 4.69) is 10.4 Å². The van der Waals surface area contributed by atoms with Crippen molar-refractivity contribution >= 4 is 17.7 Å². The quantitative estimate of drug-likeness (QED) is 0.872. The molecule has 1 aromatic carbocycles. The third kappa shape index (κ3) is 3.16. The van der Waals surface area contributed by atoms with Gasteiger partial charge in [-0.1, -0.05) is 37.5 Å². The van der Waals surface area contributed by atoms with Gasteiger partial charge in [-0.3, -0.25) is 4.79 Å². The molecule has 1 N–H and O–H groups in total. The smallest absolute Gasteiger partial charge is 0.339 e. The van der Waals surface area contributed by atoms with Crippen LogP contribution in [0.3, 0.4) is 0 Å². The zero-order chi connectivity index (χ0) is 17.2. The first-order valence-corrected chi connectivity index (χ1v) is 8.85. The lowest BCUT2D eigenvalue weighted by molar-refractivity contribution is -0.125. The van der Waals surface area contributed by atoms with Crippen molar-refractivity contribution in [3.05, 3.63) is 47.7 Å². The van der Waals surface area contributed by atoms with E-state index >= 15 is 0 Å². The number of carbonyl (C=O) groups excluding carboxylic acids is 2. The molecule has 130 valence electrons. The van der Waals surface area contributed by atoms with Crippen LogP contribution in [0.2, 0.25) is 0 Å². The van der Waals surface area contributed by atoms with E-state index in [-0.39, 0.29) is 5.91 Å². The molecule has 2 heterocycles. The molecular formula is C19H21N3O3. The van der Waals surface area contributed by atoms with Crippen molar-refractivity contribution in [3.63, 3.8) is 0 Å². The molecule has 1 aliphatic carbocycles. The summed E-state index contributed by atoms with van der Waals surface area (Å²) in [5, 5.41) is 7.28. The van der Waals surface area contributed by atoms with Gasteiger partial charge in [0.05, 0.1) is 17.8 Å². The normalized spacial score (nSPS) is 20.6. The van der Waals surface area contributed by atoms with Gasteiger partial charge in [0.1, 0.15) is 5.82 Å². The topological polar surface area (TPSA) is 73.2 Å². The zero-order valence-electron chi connectivity index (χ0n) is 14.0. The fraction of sp³-hybridized carbons (Fsp3) is 0.421. The first-order chi connectivity index (χ1) is 12.2. The molecule has 1 amide bonds. The summed E-state index contributed by atoms with van der Waals surface area (Å²) in [6.07, 6.45) is 7.09. The molecular weight excluding hydrogens is 318 g/mol. The number of rotatable bonds is 3. The zero-order valence-corrected chi connectivity index (χ0v) is 14.0. The van der Waals surface area contributed by atoms with E-state index in [1.54, 1.807) is 24.4 Å². The Balaban J connectivity index is 1.48. The van der Waals surface area contributed by atoms with Gasteiger partial charge in [0.2, 0.25) is 0 Å². The van der Waals surface area contributed by atoms with Crippen molar-refractivity contribution in [3.8, 4) is 0 Å². The fourth-order valence-electron chi connectivity index (χ4n) is 3.71. The minimum absolute atomic E-state index is 0.305. The summed E-state index contributed by atoms with van der Waals surface area (Å²) in [4.78, 5) is 24.7. The van der Waals surface area contributed by atoms with E-state index in [0.717, 1.165) is 18.4 Å². The average Bonchev–Trinajstić information content (AvgIpc) is 3.10. The molecule has 0 bridgehead atoms. The van der Waals surface area contributed by atoms with Gasteiger partial charge in [-0.05, 0) is 24.5 Å². The molecule has 25 heavy (non-hydrogen) atoms. The van der Waals surface area contributed by atoms with Crippen LogP contribution in [-0.2, 0) is 16.0 Å². The van der Waals surface area contributed by atoms with E-state index in [1.807, 2.05) is 16.8 Å². The number of amides is 1. The summed E-state index contributed by atoms with van der Waals surface area (Å²) in [6, 6.07) is 9.37. The minimum Gasteiger partial charge on any atom is -0.448 e. The lowest BCUT2D eigenvalue weighted by atomic mass is 9.96. The monoisotopic (exact) mass is 339 g/mol. The van der Waals surface area contributed by atoms with Crippen LogP contribution in [-0.4, -0.2) is 27.8 Å². The van der Waals surface area contributed by atoms with E-state index in [1.165, 1.54) is 19.3 Å². The van der Waals surface area contributed by atoms with Crippen LogP contribution in [0.1, 0.15) is 54.1 Å². The Morgan fingerprint density at radius 2 is 1.96 bits per heavy atom. The highest BCUT2D eigenvalue weighted by atomic mass is 16.5. The van der Waals surface area contributed by atoms with Crippen LogP contribution in [0.15, 0.2) is 36.5 Å². The second-order valence-electron chi connectivity index (χ2n) is 6.70. The van der Waals surface area contributed by atoms with E-state index < -0.39 is 12.1 Å². The lowest BCUT2D eigenvalue weighted by Crippen LogP contribution is -2.38. The van der Waals surface area contributed by atoms with Crippen molar-refractivity contribution in [1.29, 1.82) is 0 Å². The highest BCUT2D eigenvalue weighted by Crippen LogP contribution is 2.30. The number of hydrogen-bond donors (Lipinski definition) is 1. The summed E-state index contributed by atoms with van der Waals surface area (Å²) in [7, 11) is 0. The third-order valence-electron chi connectivity index (χ3n) is 5.03. The maximum Gasteiger partial charge on any atom is 0.339 e. The molecule has 4 rings (SSSR count). The molecule has 1 unspecified atom stereocenters. The predicted molar refractivity (Wildman–Crippen MR) is 92.3 cm³/mol. The third-order valence-corrected chi connectivity index (χ3v) is 5.03. The first kappa shape index (κ1) is 15.9. The number of nitrogens with one attached hydrogen (secondary N) is 1. The molecule has 2 aliphatic rings. The van der Waals surface area contributed by atoms with Crippen molar-refractivity contribution in [2.24, 2.45) is 0 Å². The second-order valence-corrected chi connectivity index (χ2v) is 6.70. The van der Waals surface area contributed by atoms with Gasteiger partial charge >= 0.3 is 5.97 Å². The van der Waals surface area contributed by atoms with Crippen molar-refractivity contribution in [2.75, 3.05) is 5.32 Å². The van der Waals surface area contributed by atoms with E-state index in [0.29, 0.717) is 23.8 Å². The van der Waals surface area contributed by atoms with E-state index in [4.69, 9.17) is 4.74 Å². The summed E-state index contributed by atoms with van der Waals surface area (Å²) < 4.78 is 7.23. The molecule has 0 saturated heterocycles. The number of ether oxygens (including phenoxy) is 1. The number of fused-ring (bicyclic) bond motifs is 1. The number of benzene rings is 1. The van der Waals surface area contributed by atoms with Crippen molar-refractivity contribution in [1.82, 2.24) is 9.78 Å². The number of esters is 1. The van der Waals surface area contributed by atoms with Gasteiger partial charge in [0.25, 0.3) is 5.91 Å². The number of nitrogens with zero attached hydrogens (tertiary/aromatic N) is 2. The molecule has 6 heteroatoms. The van der Waals surface area contributed by atoms with Gasteiger partial charge < -0.3 is 10.1 Å². The summed E-state index contributed by atoms with van der Waals surface area (Å²) in [6.45, 7) is 0. The molecule has 6 nitrogen and oxygen atoms in total. The molecule has 1 atom stereocenters. The minimum atomic E-state index is -0.808. The average molecular weight is 339 g/mol. The summed E-state index contributed by atoms with van der Waals surface area (Å²) in [5.41, 5.74) is 1.39. The van der Waals surface area contributed by atoms with Crippen LogP contribution in [0.4, 0.5) is 5.82 Å². The Morgan fingerprint density at radius 1 is 1.16 bits per heavy atom. The highest BCUT2D eigenvalue weighted by molar-refractivity contribution is 5.99. The van der Waals surface area contributed by atoms with Gasteiger partial charge in [-0.2, -0.15) is 5.10 Å². The first-order valence-electron chi connectivity index (χ1n) is 8.85. The maximum atomic E-state index is 12.6. The molecule has 1 aromatic heterocycles. The highest BCUT2D eigenvalue weighted by Gasteiger charge is 2.31. The van der Waals surface area contributed by atoms with Crippen LogP contribution < -0.4 is 5.32 Å². The Morgan fingerprint density at radius 3 is 2.80 bits per heavy atom. The molecule has 0 spiro atoms. The molecule has 0 radical (unpaired) electrons. The number of aromatic nitrogens is 2. The van der Waals surface area contributed by atoms with Gasteiger partial charge in [0.15, 0.2) is 6.10 Å². The Kier molecular flexibility index (Phi) is 4.26. The predicted octanol–water partition coefficient (Wildman–Crippen LogP) is 3.11. The van der Waals surface area contributed by atoms with Crippen molar-refractivity contribution < 1.29 is 14.3 Å². The largest absolute Gasteiger partial charge is 0.448 e.